The highest BCUT2D eigenvalue weighted by molar-refractivity contribution is 5.86. The maximum absolute atomic E-state index is 12.8. The van der Waals surface area contributed by atoms with Crippen LogP contribution in [-0.2, 0) is 22.4 Å². The van der Waals surface area contributed by atoms with Crippen LogP contribution in [0.4, 0.5) is 0 Å². The van der Waals surface area contributed by atoms with Crippen LogP contribution < -0.4 is 0 Å². The maximum atomic E-state index is 12.8. The Morgan fingerprint density at radius 2 is 1.81 bits per heavy atom. The van der Waals surface area contributed by atoms with Gasteiger partial charge in [-0.15, -0.1) is 0 Å². The molecule has 21 heavy (non-hydrogen) atoms. The number of likely N-dealkylation sites (tertiary alicyclic amines) is 1. The molecule has 1 fully saturated rings. The third kappa shape index (κ3) is 2.67. The van der Waals surface area contributed by atoms with Crippen LogP contribution in [0.15, 0.2) is 24.3 Å². The van der Waals surface area contributed by atoms with Gasteiger partial charge in [0.2, 0.25) is 5.91 Å². The minimum atomic E-state index is -0.870. The number of rotatable bonds is 2. The summed E-state index contributed by atoms with van der Waals surface area (Å²) < 4.78 is 0. The lowest BCUT2D eigenvalue weighted by atomic mass is 9.90. The molecular weight excluding hydrogens is 266 g/mol. The number of carboxylic acid groups (broad SMARTS) is 1. The molecule has 1 aliphatic heterocycles. The smallest absolute Gasteiger partial charge is 0.326 e. The number of fused-ring (bicyclic) bond motifs is 1. The number of hydrogen-bond acceptors (Lipinski definition) is 2. The predicted molar refractivity (Wildman–Crippen MR) is 78.9 cm³/mol. The second-order valence-corrected chi connectivity index (χ2v) is 6.39. The van der Waals surface area contributed by atoms with Crippen molar-refractivity contribution in [2.24, 2.45) is 11.8 Å². The molecule has 1 aromatic rings. The normalized spacial score (nSPS) is 25.7. The number of nitrogens with zero attached hydrogens (tertiary/aromatic N) is 1. The van der Waals surface area contributed by atoms with Crippen LogP contribution in [0, 0.1) is 11.8 Å². The number of carbonyl (C=O) groups is 2. The topological polar surface area (TPSA) is 57.6 Å². The molecule has 2 atom stereocenters. The molecule has 0 radical (unpaired) electrons. The molecule has 1 saturated heterocycles. The van der Waals surface area contributed by atoms with Crippen molar-refractivity contribution >= 4 is 11.9 Å². The number of piperidine rings is 1. The minimum absolute atomic E-state index is 0.0190. The zero-order valence-corrected chi connectivity index (χ0v) is 12.3. The molecule has 3 rings (SSSR count). The lowest BCUT2D eigenvalue weighted by Gasteiger charge is -2.37. The van der Waals surface area contributed by atoms with Crippen LogP contribution >= 0.6 is 0 Å². The van der Waals surface area contributed by atoms with Crippen LogP contribution in [0.5, 0.6) is 0 Å². The lowest BCUT2D eigenvalue weighted by molar-refractivity contribution is -0.154. The van der Waals surface area contributed by atoms with Gasteiger partial charge in [0.25, 0.3) is 0 Å². The van der Waals surface area contributed by atoms with Gasteiger partial charge in [-0.2, -0.15) is 0 Å². The van der Waals surface area contributed by atoms with E-state index in [1.807, 2.05) is 12.1 Å². The number of hydrogen-bond donors (Lipinski definition) is 1. The fourth-order valence-electron chi connectivity index (χ4n) is 3.61. The van der Waals surface area contributed by atoms with Crippen molar-refractivity contribution in [3.63, 3.8) is 0 Å². The largest absolute Gasteiger partial charge is 0.480 e. The summed E-state index contributed by atoms with van der Waals surface area (Å²) in [7, 11) is 0. The predicted octanol–water partition coefficient (Wildman–Crippen LogP) is 2.11. The minimum Gasteiger partial charge on any atom is -0.480 e. The lowest BCUT2D eigenvalue weighted by Crippen LogP contribution is -2.51. The van der Waals surface area contributed by atoms with Gasteiger partial charge in [-0.3, -0.25) is 4.79 Å². The molecule has 0 aromatic heterocycles. The molecule has 0 saturated carbocycles. The molecule has 1 amide bonds. The van der Waals surface area contributed by atoms with Crippen molar-refractivity contribution in [2.45, 2.75) is 38.6 Å². The highest BCUT2D eigenvalue weighted by Crippen LogP contribution is 2.31. The Labute approximate surface area is 124 Å². The standard InChI is InChI=1S/C17H21NO3/c1-11-6-7-18(15(8-11)17(20)21)16(19)14-9-12-4-2-3-5-13(12)10-14/h2-5,11,14-15H,6-10H2,1H3,(H,20,21). The number of amides is 1. The zero-order valence-electron chi connectivity index (χ0n) is 12.3. The van der Waals surface area contributed by atoms with E-state index >= 15 is 0 Å². The average Bonchev–Trinajstić information content (AvgIpc) is 2.90. The van der Waals surface area contributed by atoms with Gasteiger partial charge in [0.15, 0.2) is 0 Å². The summed E-state index contributed by atoms with van der Waals surface area (Å²) in [6.07, 6.45) is 2.96. The van der Waals surface area contributed by atoms with Crippen LogP contribution in [0.1, 0.15) is 30.9 Å². The molecule has 1 heterocycles. The van der Waals surface area contributed by atoms with Gasteiger partial charge in [-0.05, 0) is 42.7 Å². The Hall–Kier alpha value is -1.84. The first-order valence-corrected chi connectivity index (χ1v) is 7.66. The first-order chi connectivity index (χ1) is 10.1. The number of benzene rings is 1. The van der Waals surface area contributed by atoms with Crippen molar-refractivity contribution in [1.82, 2.24) is 4.90 Å². The summed E-state index contributed by atoms with van der Waals surface area (Å²) in [5.74, 6) is -0.565. The summed E-state index contributed by atoms with van der Waals surface area (Å²) >= 11 is 0. The Bertz CT molecular complexity index is 544. The van der Waals surface area contributed by atoms with Crippen LogP contribution in [-0.4, -0.2) is 34.5 Å². The van der Waals surface area contributed by atoms with Gasteiger partial charge in [0, 0.05) is 12.5 Å². The Morgan fingerprint density at radius 3 is 2.38 bits per heavy atom. The van der Waals surface area contributed by atoms with E-state index in [2.05, 4.69) is 19.1 Å². The molecule has 1 aromatic carbocycles. The van der Waals surface area contributed by atoms with Crippen LogP contribution in [0.3, 0.4) is 0 Å². The molecule has 4 nitrogen and oxygen atoms in total. The second-order valence-electron chi connectivity index (χ2n) is 6.39. The monoisotopic (exact) mass is 287 g/mol. The highest BCUT2D eigenvalue weighted by Gasteiger charge is 2.39. The van der Waals surface area contributed by atoms with Gasteiger partial charge >= 0.3 is 5.97 Å². The number of aliphatic carboxylic acids is 1. The van der Waals surface area contributed by atoms with Gasteiger partial charge in [-0.25, -0.2) is 4.79 Å². The van der Waals surface area contributed by atoms with Crippen molar-refractivity contribution in [3.8, 4) is 0 Å². The third-order valence-electron chi connectivity index (χ3n) is 4.83. The van der Waals surface area contributed by atoms with E-state index < -0.39 is 12.0 Å². The third-order valence-corrected chi connectivity index (χ3v) is 4.83. The van der Waals surface area contributed by atoms with E-state index in [4.69, 9.17) is 0 Å². The highest BCUT2D eigenvalue weighted by atomic mass is 16.4. The van der Waals surface area contributed by atoms with Gasteiger partial charge in [0.1, 0.15) is 6.04 Å². The fraction of sp³-hybridized carbons (Fsp3) is 0.529. The van der Waals surface area contributed by atoms with Crippen LogP contribution in [0.25, 0.3) is 0 Å². The first kappa shape index (κ1) is 14.1. The van der Waals surface area contributed by atoms with Crippen molar-refractivity contribution in [3.05, 3.63) is 35.4 Å². The van der Waals surface area contributed by atoms with E-state index in [0.717, 1.165) is 19.3 Å². The first-order valence-electron chi connectivity index (χ1n) is 7.66. The molecule has 0 spiro atoms. The van der Waals surface area contributed by atoms with Crippen molar-refractivity contribution in [2.75, 3.05) is 6.54 Å². The second kappa shape index (κ2) is 5.51. The van der Waals surface area contributed by atoms with E-state index in [-0.39, 0.29) is 11.8 Å². The van der Waals surface area contributed by atoms with Gasteiger partial charge in [0.05, 0.1) is 0 Å². The molecule has 1 N–H and O–H groups in total. The molecule has 112 valence electrons. The summed E-state index contributed by atoms with van der Waals surface area (Å²) in [6.45, 7) is 2.63. The summed E-state index contributed by atoms with van der Waals surface area (Å²) in [4.78, 5) is 25.8. The van der Waals surface area contributed by atoms with E-state index in [1.54, 1.807) is 4.90 Å². The molecule has 2 aliphatic rings. The molecule has 0 bridgehead atoms. The quantitative estimate of drug-likeness (QED) is 0.906. The molecule has 1 aliphatic carbocycles. The molecule has 4 heteroatoms. The van der Waals surface area contributed by atoms with Gasteiger partial charge < -0.3 is 10.0 Å². The number of carbonyl (C=O) groups excluding carboxylic acids is 1. The van der Waals surface area contributed by atoms with E-state index in [1.165, 1.54) is 11.1 Å². The molecule has 2 unspecified atom stereocenters. The molecular formula is C17H21NO3. The summed E-state index contributed by atoms with van der Waals surface area (Å²) in [5.41, 5.74) is 2.46. The average molecular weight is 287 g/mol. The Balaban J connectivity index is 1.75. The van der Waals surface area contributed by atoms with E-state index in [0.29, 0.717) is 18.9 Å². The zero-order chi connectivity index (χ0) is 15.0. The van der Waals surface area contributed by atoms with Crippen molar-refractivity contribution in [1.29, 1.82) is 0 Å². The SMILES string of the molecule is CC1CCN(C(=O)C2Cc3ccccc3C2)C(C(=O)O)C1. The summed E-state index contributed by atoms with van der Waals surface area (Å²) in [6, 6.07) is 7.47. The van der Waals surface area contributed by atoms with Gasteiger partial charge in [-0.1, -0.05) is 31.2 Å². The number of carboxylic acids is 1. The summed E-state index contributed by atoms with van der Waals surface area (Å²) in [5, 5.41) is 9.40. The Kier molecular flexibility index (Phi) is 3.70. The van der Waals surface area contributed by atoms with Crippen molar-refractivity contribution < 1.29 is 14.7 Å². The fourth-order valence-corrected chi connectivity index (χ4v) is 3.61. The maximum Gasteiger partial charge on any atom is 0.326 e. The van der Waals surface area contributed by atoms with E-state index in [9.17, 15) is 14.7 Å². The Morgan fingerprint density at radius 1 is 1.19 bits per heavy atom. The van der Waals surface area contributed by atoms with Crippen LogP contribution in [0.2, 0.25) is 0 Å².